The number of nitrogens with zero attached hydrogens (tertiary/aromatic N) is 3. The van der Waals surface area contributed by atoms with E-state index < -0.39 is 0 Å². The Labute approximate surface area is 187 Å². The Hall–Kier alpha value is -1.66. The van der Waals surface area contributed by atoms with Gasteiger partial charge < -0.3 is 14.4 Å². The third kappa shape index (κ3) is 6.42. The Kier molecular flexibility index (Phi) is 7.17. The normalized spacial score (nSPS) is 19.1. The van der Waals surface area contributed by atoms with Gasteiger partial charge in [0.25, 0.3) is 0 Å². The van der Waals surface area contributed by atoms with Crippen LogP contribution in [0.5, 0.6) is 0 Å². The van der Waals surface area contributed by atoms with Crippen molar-refractivity contribution in [1.29, 1.82) is 0 Å². The minimum Gasteiger partial charge on any atom is -0.390 e. The highest BCUT2D eigenvalue weighted by molar-refractivity contribution is 5.28. The monoisotopic (exact) mass is 425 g/mol. The highest BCUT2D eigenvalue weighted by Crippen LogP contribution is 2.29. The summed E-state index contributed by atoms with van der Waals surface area (Å²) in [5, 5.41) is 10.7. The zero-order valence-electron chi connectivity index (χ0n) is 19.5. The van der Waals surface area contributed by atoms with Crippen molar-refractivity contribution in [1.82, 2.24) is 14.4 Å². The first-order valence-corrected chi connectivity index (χ1v) is 11.8. The molecule has 2 aromatic rings. The largest absolute Gasteiger partial charge is 0.390 e. The molecule has 1 atom stereocenters. The molecule has 0 amide bonds. The quantitative estimate of drug-likeness (QED) is 0.668. The number of rotatable bonds is 9. The first kappa shape index (κ1) is 22.5. The third-order valence-corrected chi connectivity index (χ3v) is 6.54. The molecule has 0 bridgehead atoms. The maximum Gasteiger partial charge on any atom is 0.0794 e. The van der Waals surface area contributed by atoms with E-state index in [1.165, 1.54) is 29.7 Å². The number of aliphatic hydroxyl groups excluding tert-OH is 1. The van der Waals surface area contributed by atoms with Gasteiger partial charge in [0.1, 0.15) is 0 Å². The van der Waals surface area contributed by atoms with Gasteiger partial charge in [-0.15, -0.1) is 0 Å². The summed E-state index contributed by atoms with van der Waals surface area (Å²) in [5.74, 6) is 0. The van der Waals surface area contributed by atoms with Crippen LogP contribution >= 0.6 is 0 Å². The lowest BCUT2D eigenvalue weighted by Gasteiger charge is -2.31. The number of morpholine rings is 1. The van der Waals surface area contributed by atoms with Crippen molar-refractivity contribution in [3.8, 4) is 0 Å². The summed E-state index contributed by atoms with van der Waals surface area (Å²) in [6, 6.07) is 14.0. The van der Waals surface area contributed by atoms with Gasteiger partial charge in [-0.3, -0.25) is 9.80 Å². The van der Waals surface area contributed by atoms with E-state index in [2.05, 4.69) is 77.7 Å². The fraction of sp³-hybridized carbons (Fsp3) is 0.615. The van der Waals surface area contributed by atoms with E-state index in [0.717, 1.165) is 52.5 Å². The number of aliphatic hydroxyl groups is 1. The Morgan fingerprint density at radius 3 is 2.45 bits per heavy atom. The molecule has 1 aromatic heterocycles. The Morgan fingerprint density at radius 2 is 1.81 bits per heavy atom. The molecule has 2 aliphatic rings. The summed E-state index contributed by atoms with van der Waals surface area (Å²) in [4.78, 5) is 4.81. The molecule has 5 heteroatoms. The topological polar surface area (TPSA) is 40.9 Å². The Morgan fingerprint density at radius 1 is 1.10 bits per heavy atom. The standard InChI is InChI=1S/C26H39N3O2/c1-26(2,3)22-8-6-21(7-9-22)17-28-12-4-5-24(28)18-29(23-10-11-23)20-25(30)19-27-13-15-31-16-14-27/h4-9,12,23,25,30H,10-11,13-20H2,1-3H3/t25-/m0/s1. The van der Waals surface area contributed by atoms with Crippen molar-refractivity contribution in [2.45, 2.75) is 64.3 Å². The van der Waals surface area contributed by atoms with Crippen molar-refractivity contribution in [2.75, 3.05) is 39.4 Å². The highest BCUT2D eigenvalue weighted by atomic mass is 16.5. The molecule has 170 valence electrons. The molecule has 1 N–H and O–H groups in total. The number of hydrogen-bond donors (Lipinski definition) is 1. The number of ether oxygens (including phenoxy) is 1. The van der Waals surface area contributed by atoms with Crippen molar-refractivity contribution in [2.24, 2.45) is 0 Å². The maximum atomic E-state index is 10.7. The van der Waals surface area contributed by atoms with Crippen molar-refractivity contribution in [3.63, 3.8) is 0 Å². The minimum atomic E-state index is -0.313. The van der Waals surface area contributed by atoms with E-state index in [1.807, 2.05) is 0 Å². The summed E-state index contributed by atoms with van der Waals surface area (Å²) in [6.45, 7) is 13.5. The van der Waals surface area contributed by atoms with Gasteiger partial charge in [-0.2, -0.15) is 0 Å². The molecule has 4 rings (SSSR count). The molecular formula is C26H39N3O2. The molecule has 2 heterocycles. The first-order chi connectivity index (χ1) is 14.9. The lowest BCUT2D eigenvalue weighted by atomic mass is 9.87. The maximum absolute atomic E-state index is 10.7. The van der Waals surface area contributed by atoms with E-state index >= 15 is 0 Å². The molecule has 1 saturated heterocycles. The lowest BCUT2D eigenvalue weighted by molar-refractivity contribution is 0.00534. The van der Waals surface area contributed by atoms with E-state index in [4.69, 9.17) is 4.74 Å². The molecule has 31 heavy (non-hydrogen) atoms. The number of aromatic nitrogens is 1. The lowest BCUT2D eigenvalue weighted by Crippen LogP contribution is -2.45. The Balaban J connectivity index is 1.36. The van der Waals surface area contributed by atoms with Crippen LogP contribution in [0.15, 0.2) is 42.6 Å². The molecule has 0 radical (unpaired) electrons. The van der Waals surface area contributed by atoms with Crippen LogP contribution in [0, 0.1) is 0 Å². The number of β-amino-alcohol motifs (C(OH)–C–C–N with tert-alkyl or cyclic N) is 1. The summed E-state index contributed by atoms with van der Waals surface area (Å²) < 4.78 is 7.79. The van der Waals surface area contributed by atoms with E-state index in [1.54, 1.807) is 0 Å². The molecular weight excluding hydrogens is 386 g/mol. The van der Waals surface area contributed by atoms with Crippen LogP contribution in [0.2, 0.25) is 0 Å². The van der Waals surface area contributed by atoms with Crippen LogP contribution in [0.3, 0.4) is 0 Å². The molecule has 5 nitrogen and oxygen atoms in total. The smallest absolute Gasteiger partial charge is 0.0794 e. The van der Waals surface area contributed by atoms with Crippen LogP contribution in [0.25, 0.3) is 0 Å². The average molecular weight is 426 g/mol. The molecule has 1 saturated carbocycles. The molecule has 2 fully saturated rings. The van der Waals surface area contributed by atoms with Gasteiger partial charge in [0.2, 0.25) is 0 Å². The van der Waals surface area contributed by atoms with E-state index in [-0.39, 0.29) is 11.5 Å². The predicted octanol–water partition coefficient (Wildman–Crippen LogP) is 3.49. The van der Waals surface area contributed by atoms with Crippen molar-refractivity contribution in [3.05, 3.63) is 59.4 Å². The van der Waals surface area contributed by atoms with Crippen LogP contribution in [-0.2, 0) is 23.2 Å². The third-order valence-electron chi connectivity index (χ3n) is 6.54. The van der Waals surface area contributed by atoms with E-state index in [9.17, 15) is 5.11 Å². The van der Waals surface area contributed by atoms with Crippen molar-refractivity contribution >= 4 is 0 Å². The minimum absolute atomic E-state index is 0.184. The molecule has 0 spiro atoms. The molecule has 1 aliphatic carbocycles. The van der Waals surface area contributed by atoms with Crippen LogP contribution < -0.4 is 0 Å². The van der Waals surface area contributed by atoms with Gasteiger partial charge >= 0.3 is 0 Å². The van der Waals surface area contributed by atoms with Crippen molar-refractivity contribution < 1.29 is 9.84 Å². The second-order valence-corrected chi connectivity index (χ2v) is 10.3. The summed E-state index contributed by atoms with van der Waals surface area (Å²) in [6.07, 6.45) is 4.37. The van der Waals surface area contributed by atoms with Gasteiger partial charge in [0, 0.05) is 57.2 Å². The van der Waals surface area contributed by atoms with Crippen LogP contribution in [-0.4, -0.2) is 71.0 Å². The van der Waals surface area contributed by atoms with E-state index in [0.29, 0.717) is 6.04 Å². The zero-order valence-corrected chi connectivity index (χ0v) is 19.5. The van der Waals surface area contributed by atoms with Gasteiger partial charge in [-0.1, -0.05) is 45.0 Å². The van der Waals surface area contributed by atoms with Crippen LogP contribution in [0.1, 0.15) is 50.4 Å². The van der Waals surface area contributed by atoms with Crippen LogP contribution in [0.4, 0.5) is 0 Å². The van der Waals surface area contributed by atoms with Gasteiger partial charge in [-0.05, 0) is 41.5 Å². The summed E-state index contributed by atoms with van der Waals surface area (Å²) >= 11 is 0. The molecule has 1 aliphatic heterocycles. The molecule has 0 unspecified atom stereocenters. The summed E-state index contributed by atoms with van der Waals surface area (Å²) in [5.41, 5.74) is 4.21. The van der Waals surface area contributed by atoms with Gasteiger partial charge in [0.15, 0.2) is 0 Å². The fourth-order valence-electron chi connectivity index (χ4n) is 4.45. The second kappa shape index (κ2) is 9.86. The fourth-order valence-corrected chi connectivity index (χ4v) is 4.45. The first-order valence-electron chi connectivity index (χ1n) is 11.8. The highest BCUT2D eigenvalue weighted by Gasteiger charge is 2.31. The Bertz CT molecular complexity index is 814. The number of benzene rings is 1. The number of hydrogen-bond acceptors (Lipinski definition) is 4. The second-order valence-electron chi connectivity index (χ2n) is 10.3. The predicted molar refractivity (Wildman–Crippen MR) is 125 cm³/mol. The SMILES string of the molecule is CC(C)(C)c1ccc(Cn2cccc2CN(C[C@@H](O)CN2CCOCC2)C2CC2)cc1. The zero-order chi connectivity index (χ0) is 21.8. The van der Waals surface area contributed by atoms with Gasteiger partial charge in [0.05, 0.1) is 19.3 Å². The average Bonchev–Trinajstić information content (AvgIpc) is 3.50. The summed E-state index contributed by atoms with van der Waals surface area (Å²) in [7, 11) is 0. The van der Waals surface area contributed by atoms with Gasteiger partial charge in [-0.25, -0.2) is 0 Å². The molecule has 1 aromatic carbocycles.